The van der Waals surface area contributed by atoms with Crippen molar-refractivity contribution in [3.63, 3.8) is 0 Å². The fourth-order valence-electron chi connectivity index (χ4n) is 4.31. The van der Waals surface area contributed by atoms with Gasteiger partial charge in [-0.25, -0.2) is 9.97 Å². The lowest BCUT2D eigenvalue weighted by Gasteiger charge is -2.15. The van der Waals surface area contributed by atoms with Crippen LogP contribution in [0.3, 0.4) is 0 Å². The highest BCUT2D eigenvalue weighted by Crippen LogP contribution is 2.37. The summed E-state index contributed by atoms with van der Waals surface area (Å²) in [6, 6.07) is 13.2. The largest absolute Gasteiger partial charge is 0.380 e. The summed E-state index contributed by atoms with van der Waals surface area (Å²) in [5.41, 5.74) is 2.40. The number of hydrogen-bond acceptors (Lipinski definition) is 5. The number of anilines is 1. The maximum atomic E-state index is 5.95. The Bertz CT molecular complexity index is 895. The predicted octanol–water partition coefficient (Wildman–Crippen LogP) is 3.66. The van der Waals surface area contributed by atoms with E-state index in [-0.39, 0.29) is 0 Å². The molecule has 1 aliphatic rings. The van der Waals surface area contributed by atoms with Gasteiger partial charge in [-0.05, 0) is 49.8 Å². The van der Waals surface area contributed by atoms with E-state index in [1.807, 2.05) is 7.05 Å². The summed E-state index contributed by atoms with van der Waals surface area (Å²) in [4.78, 5) is 8.82. The van der Waals surface area contributed by atoms with E-state index >= 15 is 0 Å². The number of hydrogen-bond donors (Lipinski definition) is 2. The summed E-state index contributed by atoms with van der Waals surface area (Å²) < 4.78 is 8.27. The van der Waals surface area contributed by atoms with Crippen LogP contribution in [0.1, 0.15) is 30.9 Å². The molecule has 3 aromatic rings. The minimum Gasteiger partial charge on any atom is -0.380 e. The first-order valence-corrected chi connectivity index (χ1v) is 10.7. The minimum absolute atomic E-state index is 0.504. The van der Waals surface area contributed by atoms with Crippen LogP contribution in [0.15, 0.2) is 48.9 Å². The Morgan fingerprint density at radius 1 is 1.10 bits per heavy atom. The molecule has 0 spiro atoms. The number of rotatable bonds is 10. The van der Waals surface area contributed by atoms with Crippen LogP contribution in [0.2, 0.25) is 0 Å². The van der Waals surface area contributed by atoms with Gasteiger partial charge in [0.15, 0.2) is 0 Å². The summed E-state index contributed by atoms with van der Waals surface area (Å²) >= 11 is 0. The molecule has 0 aliphatic heterocycles. The first kappa shape index (κ1) is 19.9. The molecule has 6 heteroatoms. The van der Waals surface area contributed by atoms with Crippen LogP contribution in [0.5, 0.6) is 0 Å². The number of aromatic nitrogens is 3. The average Bonchev–Trinajstić information content (AvgIpc) is 3.40. The Morgan fingerprint density at radius 3 is 2.86 bits per heavy atom. The molecule has 2 atom stereocenters. The van der Waals surface area contributed by atoms with Gasteiger partial charge in [-0.15, -0.1) is 0 Å². The van der Waals surface area contributed by atoms with E-state index in [0.29, 0.717) is 12.0 Å². The average molecular weight is 394 g/mol. The molecule has 1 aliphatic carbocycles. The first-order chi connectivity index (χ1) is 14.3. The summed E-state index contributed by atoms with van der Waals surface area (Å²) in [5, 5.41) is 7.72. The fourth-order valence-corrected chi connectivity index (χ4v) is 4.31. The Morgan fingerprint density at radius 2 is 2.00 bits per heavy atom. The van der Waals surface area contributed by atoms with Crippen molar-refractivity contribution in [2.75, 3.05) is 38.7 Å². The van der Waals surface area contributed by atoms with Gasteiger partial charge in [0.2, 0.25) is 0 Å². The molecule has 4 rings (SSSR count). The Hall–Kier alpha value is -2.44. The number of ether oxygens (including phenoxy) is 1. The molecule has 154 valence electrons. The molecule has 2 heterocycles. The fraction of sp³-hybridized carbons (Fsp3) is 0.478. The van der Waals surface area contributed by atoms with Crippen molar-refractivity contribution < 1.29 is 4.74 Å². The van der Waals surface area contributed by atoms with Gasteiger partial charge in [0.05, 0.1) is 12.0 Å². The van der Waals surface area contributed by atoms with Gasteiger partial charge in [-0.2, -0.15) is 0 Å². The number of nitrogens with one attached hydrogen (secondary N) is 2. The van der Waals surface area contributed by atoms with Crippen molar-refractivity contribution in [2.24, 2.45) is 5.92 Å². The van der Waals surface area contributed by atoms with Crippen molar-refractivity contribution in [3.8, 4) is 0 Å². The van der Waals surface area contributed by atoms with Crippen LogP contribution in [0, 0.1) is 5.92 Å². The quantitative estimate of drug-likeness (QED) is 0.515. The first-order valence-electron chi connectivity index (χ1n) is 10.7. The normalized spacial score (nSPS) is 19.1. The smallest absolute Gasteiger partial charge is 0.145 e. The highest BCUT2D eigenvalue weighted by Gasteiger charge is 2.27. The zero-order valence-corrected chi connectivity index (χ0v) is 17.2. The molecule has 0 saturated heterocycles. The van der Waals surface area contributed by atoms with Crippen molar-refractivity contribution in [2.45, 2.75) is 31.7 Å². The monoisotopic (exact) mass is 393 g/mol. The second kappa shape index (κ2) is 9.85. The zero-order chi connectivity index (χ0) is 19.9. The highest BCUT2D eigenvalue weighted by atomic mass is 16.5. The van der Waals surface area contributed by atoms with Gasteiger partial charge in [0.25, 0.3) is 0 Å². The van der Waals surface area contributed by atoms with Gasteiger partial charge in [0, 0.05) is 32.4 Å². The molecular formula is C23H31N5O. The summed E-state index contributed by atoms with van der Waals surface area (Å²) in [6.07, 6.45) is 8.43. The van der Waals surface area contributed by atoms with Crippen LogP contribution in [0.25, 0.3) is 11.0 Å². The lowest BCUT2D eigenvalue weighted by Crippen LogP contribution is -2.23. The molecular weight excluding hydrogens is 362 g/mol. The number of nitrogens with zero attached hydrogens (tertiary/aromatic N) is 3. The van der Waals surface area contributed by atoms with E-state index in [1.54, 1.807) is 6.33 Å². The third-order valence-electron chi connectivity index (χ3n) is 5.86. The van der Waals surface area contributed by atoms with E-state index in [9.17, 15) is 0 Å². The highest BCUT2D eigenvalue weighted by molar-refractivity contribution is 5.87. The molecule has 2 unspecified atom stereocenters. The van der Waals surface area contributed by atoms with E-state index in [1.165, 1.54) is 18.4 Å². The molecule has 6 nitrogen and oxygen atoms in total. The van der Waals surface area contributed by atoms with Crippen LogP contribution >= 0.6 is 0 Å². The van der Waals surface area contributed by atoms with Gasteiger partial charge in [0.1, 0.15) is 17.8 Å². The molecule has 0 amide bonds. The molecule has 29 heavy (non-hydrogen) atoms. The van der Waals surface area contributed by atoms with E-state index in [0.717, 1.165) is 56.0 Å². The minimum atomic E-state index is 0.504. The standard InChI is InChI=1S/C23H31N5O/c1-24-22-21-10-13-28(23(21)27-17-26-22)20-8-7-19(15-20)16-29-14-12-25-11-9-18-5-3-2-4-6-18/h2-6,10,13,17,19-20,25H,7-9,11-12,14-16H2,1H3,(H,24,26,27). The van der Waals surface area contributed by atoms with E-state index in [4.69, 9.17) is 4.74 Å². The maximum absolute atomic E-state index is 5.95. The Kier molecular flexibility index (Phi) is 6.75. The van der Waals surface area contributed by atoms with E-state index < -0.39 is 0 Å². The Labute approximate surface area is 172 Å². The van der Waals surface area contributed by atoms with Gasteiger partial charge < -0.3 is 19.9 Å². The second-order valence-electron chi connectivity index (χ2n) is 7.83. The van der Waals surface area contributed by atoms with Crippen LogP contribution in [-0.2, 0) is 11.2 Å². The van der Waals surface area contributed by atoms with Crippen molar-refractivity contribution >= 4 is 16.9 Å². The van der Waals surface area contributed by atoms with Crippen LogP contribution < -0.4 is 10.6 Å². The number of fused-ring (bicyclic) bond motifs is 1. The Balaban J connectivity index is 1.16. The molecule has 0 radical (unpaired) electrons. The third kappa shape index (κ3) is 4.95. The summed E-state index contributed by atoms with van der Waals surface area (Å²) in [7, 11) is 1.90. The van der Waals surface area contributed by atoms with Gasteiger partial charge in [-0.3, -0.25) is 0 Å². The molecule has 1 fully saturated rings. The molecule has 2 aromatic heterocycles. The van der Waals surface area contributed by atoms with Gasteiger partial charge in [-0.1, -0.05) is 30.3 Å². The van der Waals surface area contributed by atoms with Crippen molar-refractivity contribution in [3.05, 3.63) is 54.5 Å². The summed E-state index contributed by atoms with van der Waals surface area (Å²) in [6.45, 7) is 3.54. The predicted molar refractivity (Wildman–Crippen MR) is 117 cm³/mol. The van der Waals surface area contributed by atoms with Crippen molar-refractivity contribution in [1.29, 1.82) is 0 Å². The molecule has 0 bridgehead atoms. The second-order valence-corrected chi connectivity index (χ2v) is 7.83. The van der Waals surface area contributed by atoms with Crippen LogP contribution in [0.4, 0.5) is 5.82 Å². The zero-order valence-electron chi connectivity index (χ0n) is 17.2. The molecule has 1 aromatic carbocycles. The SMILES string of the molecule is CNc1ncnc2c1ccn2C1CCC(COCCNCCc2ccccc2)C1. The van der Waals surface area contributed by atoms with E-state index in [2.05, 4.69) is 67.8 Å². The third-order valence-corrected chi connectivity index (χ3v) is 5.86. The van der Waals surface area contributed by atoms with Crippen molar-refractivity contribution in [1.82, 2.24) is 19.9 Å². The molecule has 1 saturated carbocycles. The lowest BCUT2D eigenvalue weighted by molar-refractivity contribution is 0.102. The summed E-state index contributed by atoms with van der Waals surface area (Å²) in [5.74, 6) is 1.53. The van der Waals surface area contributed by atoms with Crippen LogP contribution in [-0.4, -0.2) is 47.9 Å². The number of benzene rings is 1. The van der Waals surface area contributed by atoms with Gasteiger partial charge >= 0.3 is 0 Å². The molecule has 2 N–H and O–H groups in total. The topological polar surface area (TPSA) is 64.0 Å². The maximum Gasteiger partial charge on any atom is 0.145 e. The lowest BCUT2D eigenvalue weighted by atomic mass is 10.1.